The van der Waals surface area contributed by atoms with Gasteiger partial charge in [-0.3, -0.25) is 9.59 Å². The number of amides is 2. The maximum atomic E-state index is 13.3. The molecule has 0 aliphatic rings. The quantitative estimate of drug-likeness (QED) is 0.822. The lowest BCUT2D eigenvalue weighted by Crippen LogP contribution is -2.28. The number of rotatable bonds is 5. The topological polar surface area (TPSA) is 84.2 Å². The molecule has 1 aromatic heterocycles. The molecule has 2 rings (SSSR count). The second kappa shape index (κ2) is 6.65. The Labute approximate surface area is 120 Å². The minimum Gasteiger partial charge on any atom is -0.360 e. The van der Waals surface area contributed by atoms with E-state index in [9.17, 15) is 14.0 Å². The molecule has 1 aromatic carbocycles. The van der Waals surface area contributed by atoms with Crippen LogP contribution < -0.4 is 10.6 Å². The number of nitrogens with one attached hydrogen (secondary N) is 2. The number of nitrogens with zero attached hydrogens (tertiary/aromatic N) is 1. The zero-order valence-corrected chi connectivity index (χ0v) is 11.4. The molecule has 0 aliphatic heterocycles. The number of anilines is 1. The number of hydrogen-bond donors (Lipinski definition) is 2. The summed E-state index contributed by atoms with van der Waals surface area (Å²) in [5.41, 5.74) is 0.360. The Balaban J connectivity index is 1.79. The predicted molar refractivity (Wildman–Crippen MR) is 72.7 cm³/mol. The second-order valence-corrected chi connectivity index (χ2v) is 4.42. The fourth-order valence-electron chi connectivity index (χ4n) is 1.66. The SMILES string of the molecule is Cc1cc(NC(=O)CC(=O)NCc2ccccc2F)no1. The summed E-state index contributed by atoms with van der Waals surface area (Å²) in [6.45, 7) is 1.71. The van der Waals surface area contributed by atoms with Crippen molar-refractivity contribution in [3.63, 3.8) is 0 Å². The van der Waals surface area contributed by atoms with Gasteiger partial charge in [0.15, 0.2) is 5.82 Å². The first-order valence-electron chi connectivity index (χ1n) is 6.28. The van der Waals surface area contributed by atoms with Gasteiger partial charge in [0.1, 0.15) is 18.0 Å². The number of carbonyl (C=O) groups excluding carboxylic acids is 2. The number of halogens is 1. The van der Waals surface area contributed by atoms with Gasteiger partial charge in [0, 0.05) is 18.2 Å². The molecule has 7 heteroatoms. The molecule has 0 unspecified atom stereocenters. The van der Waals surface area contributed by atoms with E-state index < -0.39 is 17.6 Å². The molecule has 0 atom stereocenters. The number of hydrogen-bond acceptors (Lipinski definition) is 4. The summed E-state index contributed by atoms with van der Waals surface area (Å²) >= 11 is 0. The van der Waals surface area contributed by atoms with E-state index in [0.29, 0.717) is 11.3 Å². The summed E-state index contributed by atoms with van der Waals surface area (Å²) in [5.74, 6) is -0.626. The largest absolute Gasteiger partial charge is 0.360 e. The third kappa shape index (κ3) is 4.41. The lowest BCUT2D eigenvalue weighted by Gasteiger charge is -2.06. The van der Waals surface area contributed by atoms with Crippen molar-refractivity contribution in [2.75, 3.05) is 5.32 Å². The van der Waals surface area contributed by atoms with Crippen LogP contribution in [0.25, 0.3) is 0 Å². The zero-order valence-electron chi connectivity index (χ0n) is 11.4. The standard InChI is InChI=1S/C14H14FN3O3/c1-9-6-12(18-21-9)17-14(20)7-13(19)16-8-10-4-2-3-5-11(10)15/h2-6H,7-8H2,1H3,(H,16,19)(H,17,18,20). The molecule has 0 spiro atoms. The molecule has 2 N–H and O–H groups in total. The summed E-state index contributed by atoms with van der Waals surface area (Å²) in [5, 5.41) is 8.48. The molecule has 0 saturated carbocycles. The van der Waals surface area contributed by atoms with Gasteiger partial charge in [0.05, 0.1) is 0 Å². The molecular weight excluding hydrogens is 277 g/mol. The summed E-state index contributed by atoms with van der Waals surface area (Å²) in [7, 11) is 0. The normalized spacial score (nSPS) is 10.2. The van der Waals surface area contributed by atoms with Crippen molar-refractivity contribution in [3.05, 3.63) is 47.5 Å². The van der Waals surface area contributed by atoms with E-state index in [-0.39, 0.29) is 18.8 Å². The van der Waals surface area contributed by atoms with Gasteiger partial charge < -0.3 is 15.2 Å². The van der Waals surface area contributed by atoms with E-state index in [0.717, 1.165) is 0 Å². The van der Waals surface area contributed by atoms with E-state index in [1.165, 1.54) is 12.1 Å². The summed E-state index contributed by atoms with van der Waals surface area (Å²) in [6, 6.07) is 7.64. The van der Waals surface area contributed by atoms with E-state index >= 15 is 0 Å². The van der Waals surface area contributed by atoms with Crippen LogP contribution in [-0.2, 0) is 16.1 Å². The molecule has 0 bridgehead atoms. The van der Waals surface area contributed by atoms with Gasteiger partial charge in [-0.15, -0.1) is 0 Å². The minimum atomic E-state index is -0.519. The molecule has 2 aromatic rings. The number of aryl methyl sites for hydroxylation is 1. The van der Waals surface area contributed by atoms with Gasteiger partial charge in [-0.05, 0) is 13.0 Å². The average Bonchev–Trinajstić information content (AvgIpc) is 2.83. The maximum absolute atomic E-state index is 13.3. The Hall–Kier alpha value is -2.70. The van der Waals surface area contributed by atoms with Crippen LogP contribution in [0.4, 0.5) is 10.2 Å². The molecule has 2 amide bonds. The molecule has 0 radical (unpaired) electrons. The van der Waals surface area contributed by atoms with E-state index in [2.05, 4.69) is 15.8 Å². The van der Waals surface area contributed by atoms with Crippen molar-refractivity contribution < 1.29 is 18.5 Å². The maximum Gasteiger partial charge on any atom is 0.235 e. The van der Waals surface area contributed by atoms with Crippen molar-refractivity contribution in [2.45, 2.75) is 19.9 Å². The molecular formula is C14H14FN3O3. The van der Waals surface area contributed by atoms with Crippen LogP contribution >= 0.6 is 0 Å². The van der Waals surface area contributed by atoms with Crippen molar-refractivity contribution in [3.8, 4) is 0 Å². The Morgan fingerprint density at radius 1 is 1.29 bits per heavy atom. The molecule has 0 fully saturated rings. The van der Waals surface area contributed by atoms with Gasteiger partial charge >= 0.3 is 0 Å². The minimum absolute atomic E-state index is 0.0296. The summed E-state index contributed by atoms with van der Waals surface area (Å²) < 4.78 is 18.1. The monoisotopic (exact) mass is 291 g/mol. The van der Waals surface area contributed by atoms with Gasteiger partial charge in [-0.1, -0.05) is 23.4 Å². The fourth-order valence-corrected chi connectivity index (χ4v) is 1.66. The number of benzene rings is 1. The first-order valence-corrected chi connectivity index (χ1v) is 6.28. The van der Waals surface area contributed by atoms with Gasteiger partial charge in [-0.25, -0.2) is 4.39 Å². The second-order valence-electron chi connectivity index (χ2n) is 4.42. The van der Waals surface area contributed by atoms with Crippen LogP contribution in [0.3, 0.4) is 0 Å². The first-order chi connectivity index (χ1) is 10.0. The van der Waals surface area contributed by atoms with E-state index in [1.54, 1.807) is 25.1 Å². The lowest BCUT2D eigenvalue weighted by molar-refractivity contribution is -0.126. The van der Waals surface area contributed by atoms with Crippen LogP contribution in [-0.4, -0.2) is 17.0 Å². The van der Waals surface area contributed by atoms with Crippen LogP contribution in [0.2, 0.25) is 0 Å². The number of carbonyl (C=O) groups is 2. The third-order valence-electron chi connectivity index (χ3n) is 2.65. The third-order valence-corrected chi connectivity index (χ3v) is 2.65. The molecule has 0 aliphatic carbocycles. The lowest BCUT2D eigenvalue weighted by atomic mass is 10.2. The highest BCUT2D eigenvalue weighted by atomic mass is 19.1. The first kappa shape index (κ1) is 14.7. The van der Waals surface area contributed by atoms with Crippen LogP contribution in [0, 0.1) is 12.7 Å². The molecule has 0 saturated heterocycles. The van der Waals surface area contributed by atoms with E-state index in [4.69, 9.17) is 4.52 Å². The predicted octanol–water partition coefficient (Wildman–Crippen LogP) is 1.77. The van der Waals surface area contributed by atoms with Gasteiger partial charge in [0.2, 0.25) is 11.8 Å². The Morgan fingerprint density at radius 2 is 2.05 bits per heavy atom. The fraction of sp³-hybridized carbons (Fsp3) is 0.214. The molecule has 110 valence electrons. The molecule has 6 nitrogen and oxygen atoms in total. The average molecular weight is 291 g/mol. The van der Waals surface area contributed by atoms with Crippen molar-refractivity contribution >= 4 is 17.6 Å². The molecule has 21 heavy (non-hydrogen) atoms. The van der Waals surface area contributed by atoms with Crippen LogP contribution in [0.1, 0.15) is 17.7 Å². The van der Waals surface area contributed by atoms with Gasteiger partial charge in [-0.2, -0.15) is 0 Å². The van der Waals surface area contributed by atoms with Crippen molar-refractivity contribution in [2.24, 2.45) is 0 Å². The summed E-state index contributed by atoms with van der Waals surface area (Å²) in [6.07, 6.45) is -0.375. The summed E-state index contributed by atoms with van der Waals surface area (Å²) in [4.78, 5) is 23.2. The highest BCUT2D eigenvalue weighted by Crippen LogP contribution is 2.08. The highest BCUT2D eigenvalue weighted by molar-refractivity contribution is 6.03. The van der Waals surface area contributed by atoms with Crippen LogP contribution in [0.15, 0.2) is 34.9 Å². The zero-order chi connectivity index (χ0) is 15.2. The smallest absolute Gasteiger partial charge is 0.235 e. The molecule has 1 heterocycles. The number of aromatic nitrogens is 1. The van der Waals surface area contributed by atoms with Crippen molar-refractivity contribution in [1.82, 2.24) is 10.5 Å². The van der Waals surface area contributed by atoms with Crippen LogP contribution in [0.5, 0.6) is 0 Å². The van der Waals surface area contributed by atoms with Gasteiger partial charge in [0.25, 0.3) is 0 Å². The Kier molecular flexibility index (Phi) is 4.65. The highest BCUT2D eigenvalue weighted by Gasteiger charge is 2.12. The van der Waals surface area contributed by atoms with E-state index in [1.807, 2.05) is 0 Å². The van der Waals surface area contributed by atoms with Crippen molar-refractivity contribution in [1.29, 1.82) is 0 Å². The Morgan fingerprint density at radius 3 is 2.71 bits per heavy atom. The Bertz CT molecular complexity index is 654.